The fraction of sp³-hybridized carbons (Fsp3) is 0.471. The summed E-state index contributed by atoms with van der Waals surface area (Å²) in [6.45, 7) is 4.91. The van der Waals surface area contributed by atoms with E-state index in [4.69, 9.17) is 14.6 Å². The SMILES string of the molecule is C=C1c2cc(OC)c(OC)cc2C(=O)N1CCCCCCO. The quantitative estimate of drug-likeness (QED) is 0.750. The van der Waals surface area contributed by atoms with E-state index in [-0.39, 0.29) is 12.5 Å². The Morgan fingerprint density at radius 3 is 2.23 bits per heavy atom. The summed E-state index contributed by atoms with van der Waals surface area (Å²) in [5.41, 5.74) is 2.12. The number of fused-ring (bicyclic) bond motifs is 1. The van der Waals surface area contributed by atoms with Gasteiger partial charge in [0.25, 0.3) is 5.91 Å². The highest BCUT2D eigenvalue weighted by molar-refractivity contribution is 6.09. The number of amides is 1. The van der Waals surface area contributed by atoms with E-state index < -0.39 is 0 Å². The second-order valence-corrected chi connectivity index (χ2v) is 5.29. The first kappa shape index (κ1) is 16.4. The lowest BCUT2D eigenvalue weighted by atomic mass is 10.1. The van der Waals surface area contributed by atoms with Crippen molar-refractivity contribution in [2.45, 2.75) is 25.7 Å². The Kier molecular flexibility index (Phi) is 5.44. The number of benzene rings is 1. The number of carbonyl (C=O) groups excluding carboxylic acids is 1. The largest absolute Gasteiger partial charge is 0.493 e. The molecule has 1 aliphatic heterocycles. The summed E-state index contributed by atoms with van der Waals surface area (Å²) in [7, 11) is 3.13. The molecule has 1 N–H and O–H groups in total. The fourth-order valence-electron chi connectivity index (χ4n) is 2.68. The highest BCUT2D eigenvalue weighted by Crippen LogP contribution is 2.39. The third-order valence-corrected chi connectivity index (χ3v) is 3.93. The van der Waals surface area contributed by atoms with Crippen LogP contribution in [0.3, 0.4) is 0 Å². The number of aliphatic hydroxyl groups is 1. The van der Waals surface area contributed by atoms with Gasteiger partial charge in [-0.05, 0) is 25.0 Å². The van der Waals surface area contributed by atoms with Gasteiger partial charge in [0, 0.05) is 24.4 Å². The molecule has 1 aromatic carbocycles. The maximum absolute atomic E-state index is 12.5. The number of hydrogen-bond acceptors (Lipinski definition) is 4. The van der Waals surface area contributed by atoms with Crippen LogP contribution in [0, 0.1) is 0 Å². The van der Waals surface area contributed by atoms with Gasteiger partial charge in [-0.15, -0.1) is 0 Å². The van der Waals surface area contributed by atoms with Gasteiger partial charge in [-0.1, -0.05) is 19.4 Å². The molecule has 1 heterocycles. The van der Waals surface area contributed by atoms with Gasteiger partial charge in [0.2, 0.25) is 0 Å². The maximum atomic E-state index is 12.5. The smallest absolute Gasteiger partial charge is 0.259 e. The molecule has 120 valence electrons. The molecule has 0 saturated heterocycles. The average molecular weight is 305 g/mol. The predicted octanol–water partition coefficient (Wildman–Crippen LogP) is 2.68. The van der Waals surface area contributed by atoms with Crippen molar-refractivity contribution in [3.63, 3.8) is 0 Å². The summed E-state index contributed by atoms with van der Waals surface area (Å²) >= 11 is 0. The van der Waals surface area contributed by atoms with E-state index in [0.29, 0.717) is 29.3 Å². The van der Waals surface area contributed by atoms with Crippen molar-refractivity contribution in [1.29, 1.82) is 0 Å². The van der Waals surface area contributed by atoms with E-state index in [1.54, 1.807) is 31.3 Å². The van der Waals surface area contributed by atoms with E-state index in [1.165, 1.54) is 0 Å². The monoisotopic (exact) mass is 305 g/mol. The summed E-state index contributed by atoms with van der Waals surface area (Å²) in [6, 6.07) is 3.52. The number of ether oxygens (including phenoxy) is 2. The van der Waals surface area contributed by atoms with Crippen molar-refractivity contribution >= 4 is 11.6 Å². The van der Waals surface area contributed by atoms with E-state index in [1.807, 2.05) is 0 Å². The van der Waals surface area contributed by atoms with Crippen molar-refractivity contribution in [2.75, 3.05) is 27.4 Å². The normalized spacial score (nSPS) is 13.5. The molecule has 1 amide bonds. The number of rotatable bonds is 8. The molecule has 0 aromatic heterocycles. The molecule has 0 saturated carbocycles. The highest BCUT2D eigenvalue weighted by atomic mass is 16.5. The molecule has 5 heteroatoms. The van der Waals surface area contributed by atoms with Crippen LogP contribution in [-0.4, -0.2) is 43.3 Å². The van der Waals surface area contributed by atoms with Gasteiger partial charge < -0.3 is 19.5 Å². The molecule has 0 atom stereocenters. The van der Waals surface area contributed by atoms with Crippen LogP contribution in [-0.2, 0) is 0 Å². The summed E-state index contributed by atoms with van der Waals surface area (Å²) in [4.78, 5) is 14.2. The Morgan fingerprint density at radius 2 is 1.64 bits per heavy atom. The van der Waals surface area contributed by atoms with E-state index in [2.05, 4.69) is 6.58 Å². The van der Waals surface area contributed by atoms with Crippen molar-refractivity contribution in [3.05, 3.63) is 29.8 Å². The van der Waals surface area contributed by atoms with E-state index in [9.17, 15) is 4.79 Å². The van der Waals surface area contributed by atoms with Crippen LogP contribution in [0.1, 0.15) is 41.6 Å². The molecule has 0 radical (unpaired) electrons. The van der Waals surface area contributed by atoms with E-state index >= 15 is 0 Å². The third-order valence-electron chi connectivity index (χ3n) is 3.93. The zero-order valence-electron chi connectivity index (χ0n) is 13.2. The zero-order chi connectivity index (χ0) is 16.1. The van der Waals surface area contributed by atoms with Crippen LogP contribution in [0.5, 0.6) is 11.5 Å². The fourth-order valence-corrected chi connectivity index (χ4v) is 2.68. The second-order valence-electron chi connectivity index (χ2n) is 5.29. The van der Waals surface area contributed by atoms with Crippen molar-refractivity contribution in [2.24, 2.45) is 0 Å². The standard InChI is InChI=1S/C17H23NO4/c1-12-13-10-15(21-2)16(22-3)11-14(13)17(20)18(12)8-6-4-5-7-9-19/h10-11,19H,1,4-9H2,2-3H3. The average Bonchev–Trinajstić information content (AvgIpc) is 2.77. The number of nitrogens with zero attached hydrogens (tertiary/aromatic N) is 1. The Morgan fingerprint density at radius 1 is 1.05 bits per heavy atom. The van der Waals surface area contributed by atoms with Crippen LogP contribution in [0.25, 0.3) is 5.70 Å². The lowest BCUT2D eigenvalue weighted by Gasteiger charge is -2.17. The number of hydrogen-bond donors (Lipinski definition) is 1. The molecule has 0 spiro atoms. The second kappa shape index (κ2) is 7.31. The summed E-state index contributed by atoms with van der Waals surface area (Å²) in [5.74, 6) is 1.11. The summed E-state index contributed by atoms with van der Waals surface area (Å²) in [5, 5.41) is 8.78. The minimum Gasteiger partial charge on any atom is -0.493 e. The molecule has 1 aromatic rings. The lowest BCUT2D eigenvalue weighted by molar-refractivity contribution is 0.0848. The first-order valence-electron chi connectivity index (χ1n) is 7.52. The highest BCUT2D eigenvalue weighted by Gasteiger charge is 2.32. The lowest BCUT2D eigenvalue weighted by Crippen LogP contribution is -2.23. The minimum absolute atomic E-state index is 0.0388. The number of unbranched alkanes of at least 4 members (excludes halogenated alkanes) is 3. The van der Waals surface area contributed by atoms with Crippen molar-refractivity contribution < 1.29 is 19.4 Å². The number of aliphatic hydroxyl groups excluding tert-OH is 1. The van der Waals surface area contributed by atoms with Gasteiger partial charge in [-0.3, -0.25) is 4.79 Å². The predicted molar refractivity (Wildman–Crippen MR) is 85.2 cm³/mol. The van der Waals surface area contributed by atoms with Crippen LogP contribution in [0.15, 0.2) is 18.7 Å². The molecular weight excluding hydrogens is 282 g/mol. The zero-order valence-corrected chi connectivity index (χ0v) is 13.2. The molecule has 2 rings (SSSR count). The molecule has 22 heavy (non-hydrogen) atoms. The molecule has 0 fully saturated rings. The van der Waals surface area contributed by atoms with Gasteiger partial charge >= 0.3 is 0 Å². The van der Waals surface area contributed by atoms with Crippen LogP contribution in [0.4, 0.5) is 0 Å². The molecular formula is C17H23NO4. The van der Waals surface area contributed by atoms with Gasteiger partial charge in [-0.2, -0.15) is 0 Å². The van der Waals surface area contributed by atoms with Crippen LogP contribution in [0.2, 0.25) is 0 Å². The third kappa shape index (κ3) is 3.09. The van der Waals surface area contributed by atoms with E-state index in [0.717, 1.165) is 31.2 Å². The Balaban J connectivity index is 2.11. The van der Waals surface area contributed by atoms with Gasteiger partial charge in [0.1, 0.15) is 0 Å². The summed E-state index contributed by atoms with van der Waals surface area (Å²) < 4.78 is 10.5. The number of carbonyl (C=O) groups is 1. The minimum atomic E-state index is -0.0388. The molecule has 0 unspecified atom stereocenters. The van der Waals surface area contributed by atoms with Gasteiger partial charge in [-0.25, -0.2) is 0 Å². The van der Waals surface area contributed by atoms with Crippen LogP contribution >= 0.6 is 0 Å². The van der Waals surface area contributed by atoms with Crippen LogP contribution < -0.4 is 9.47 Å². The van der Waals surface area contributed by atoms with Gasteiger partial charge in [0.05, 0.1) is 19.8 Å². The van der Waals surface area contributed by atoms with Gasteiger partial charge in [0.15, 0.2) is 11.5 Å². The summed E-state index contributed by atoms with van der Waals surface area (Å²) in [6.07, 6.45) is 3.66. The van der Waals surface area contributed by atoms with Crippen molar-refractivity contribution in [1.82, 2.24) is 4.90 Å². The molecule has 0 bridgehead atoms. The maximum Gasteiger partial charge on any atom is 0.259 e. The topological polar surface area (TPSA) is 59.0 Å². The molecule has 0 aliphatic carbocycles. The first-order chi connectivity index (χ1) is 10.6. The molecule has 1 aliphatic rings. The molecule has 5 nitrogen and oxygen atoms in total. The Bertz CT molecular complexity index is 525. The first-order valence-corrected chi connectivity index (χ1v) is 7.52. The van der Waals surface area contributed by atoms with Crippen molar-refractivity contribution in [3.8, 4) is 11.5 Å². The Hall–Kier alpha value is -2.01. The number of methoxy groups -OCH3 is 2. The Labute approximate surface area is 131 Å².